The zero-order valence-electron chi connectivity index (χ0n) is 8.84. The average Bonchev–Trinajstić information content (AvgIpc) is 2.24. The second-order valence-corrected chi connectivity index (χ2v) is 3.87. The van der Waals surface area contributed by atoms with Gasteiger partial charge in [-0.05, 0) is 0 Å². The molecule has 0 aromatic carbocycles. The van der Waals surface area contributed by atoms with Gasteiger partial charge in [0.15, 0.2) is 0 Å². The van der Waals surface area contributed by atoms with Crippen molar-refractivity contribution in [2.75, 3.05) is 7.11 Å². The SMILES string of the molecule is COC1(O)C(=O)C(O)(O)C(O)(O)C(O)(O)C1(O)O. The molecule has 18 heavy (non-hydrogen) atoms. The normalized spacial score (nSPS) is 36.4. The highest BCUT2D eigenvalue weighted by Crippen LogP contribution is 2.47. The Morgan fingerprint density at radius 3 is 1.50 bits per heavy atom. The maximum atomic E-state index is 11.4. The second kappa shape index (κ2) is 3.43. The molecule has 1 atom stereocenters. The van der Waals surface area contributed by atoms with Crippen LogP contribution in [0.3, 0.4) is 0 Å². The fourth-order valence-corrected chi connectivity index (χ4v) is 1.51. The van der Waals surface area contributed by atoms with E-state index in [-0.39, 0.29) is 0 Å². The summed E-state index contributed by atoms with van der Waals surface area (Å²) in [6.07, 6.45) is 0. The van der Waals surface area contributed by atoms with E-state index < -0.39 is 34.7 Å². The molecule has 0 radical (unpaired) electrons. The first kappa shape index (κ1) is 15.3. The maximum Gasteiger partial charge on any atom is 0.294 e. The number of hydrogen-bond acceptors (Lipinski definition) is 11. The molecular formula is C7H12O11. The summed E-state index contributed by atoms with van der Waals surface area (Å²) in [5, 5.41) is 82.9. The van der Waals surface area contributed by atoms with Gasteiger partial charge in [0.05, 0.1) is 0 Å². The Morgan fingerprint density at radius 2 is 1.17 bits per heavy atom. The van der Waals surface area contributed by atoms with E-state index in [9.17, 15) is 30.3 Å². The Morgan fingerprint density at radius 1 is 0.778 bits per heavy atom. The highest BCUT2D eigenvalue weighted by Gasteiger charge is 2.86. The van der Waals surface area contributed by atoms with Crippen molar-refractivity contribution in [1.82, 2.24) is 0 Å². The van der Waals surface area contributed by atoms with Crippen LogP contribution in [-0.2, 0) is 9.53 Å². The summed E-state index contributed by atoms with van der Waals surface area (Å²) in [4.78, 5) is 11.4. The Kier molecular flexibility index (Phi) is 2.92. The summed E-state index contributed by atoms with van der Waals surface area (Å²) >= 11 is 0. The van der Waals surface area contributed by atoms with Gasteiger partial charge in [0.2, 0.25) is 0 Å². The molecule has 1 fully saturated rings. The third kappa shape index (κ3) is 1.23. The van der Waals surface area contributed by atoms with Crippen LogP contribution in [0.1, 0.15) is 0 Å². The van der Waals surface area contributed by atoms with Crippen LogP contribution in [-0.4, -0.2) is 87.8 Å². The van der Waals surface area contributed by atoms with Gasteiger partial charge in [-0.15, -0.1) is 0 Å². The van der Waals surface area contributed by atoms with Crippen LogP contribution >= 0.6 is 0 Å². The van der Waals surface area contributed by atoms with E-state index in [1.807, 2.05) is 0 Å². The molecule has 1 saturated carbocycles. The molecule has 0 aromatic heterocycles. The van der Waals surface area contributed by atoms with Gasteiger partial charge >= 0.3 is 0 Å². The Hall–Kier alpha value is -0.730. The molecule has 1 aliphatic rings. The number of ether oxygens (including phenoxy) is 1. The van der Waals surface area contributed by atoms with Crippen LogP contribution in [0.25, 0.3) is 0 Å². The van der Waals surface area contributed by atoms with Gasteiger partial charge in [0.25, 0.3) is 34.7 Å². The molecule has 0 aromatic rings. The van der Waals surface area contributed by atoms with Gasteiger partial charge in [-0.2, -0.15) is 0 Å². The van der Waals surface area contributed by atoms with Gasteiger partial charge in [-0.3, -0.25) is 4.79 Å². The third-order valence-corrected chi connectivity index (χ3v) is 2.85. The first-order valence-electron chi connectivity index (χ1n) is 4.33. The van der Waals surface area contributed by atoms with Crippen molar-refractivity contribution >= 4 is 5.78 Å². The quantitative estimate of drug-likeness (QED) is 0.205. The molecule has 0 amide bonds. The molecule has 0 saturated heterocycles. The molecular weight excluding hydrogens is 260 g/mol. The number of methoxy groups -OCH3 is 1. The summed E-state index contributed by atoms with van der Waals surface area (Å²) < 4.78 is 3.91. The van der Waals surface area contributed by atoms with Crippen LogP contribution < -0.4 is 0 Å². The van der Waals surface area contributed by atoms with Crippen molar-refractivity contribution in [3.63, 3.8) is 0 Å². The van der Waals surface area contributed by atoms with Crippen LogP contribution in [0, 0.1) is 0 Å². The number of hydrogen-bond donors (Lipinski definition) is 9. The molecule has 1 rings (SSSR count). The lowest BCUT2D eigenvalue weighted by molar-refractivity contribution is -0.547. The molecule has 0 spiro atoms. The summed E-state index contributed by atoms with van der Waals surface area (Å²) in [6, 6.07) is 0. The number of ketones is 1. The highest BCUT2D eigenvalue weighted by atomic mass is 16.7. The van der Waals surface area contributed by atoms with Crippen molar-refractivity contribution in [1.29, 1.82) is 0 Å². The van der Waals surface area contributed by atoms with Crippen LogP contribution in [0.4, 0.5) is 0 Å². The van der Waals surface area contributed by atoms with Crippen molar-refractivity contribution in [3.8, 4) is 0 Å². The Bertz CT molecular complexity index is 383. The van der Waals surface area contributed by atoms with Crippen molar-refractivity contribution in [2.24, 2.45) is 0 Å². The number of carbonyl (C=O) groups excluding carboxylic acids is 1. The van der Waals surface area contributed by atoms with E-state index in [0.29, 0.717) is 7.11 Å². The number of carbonyl (C=O) groups is 1. The molecule has 11 nitrogen and oxygen atoms in total. The Labute approximate surface area is 98.3 Å². The minimum atomic E-state index is -4.55. The fourth-order valence-electron chi connectivity index (χ4n) is 1.51. The number of Topliss-reactive ketones (excluding diaryl/α,β-unsaturated/α-hetero) is 1. The maximum absolute atomic E-state index is 11.4. The topological polar surface area (TPSA) is 208 Å². The van der Waals surface area contributed by atoms with Crippen LogP contribution in [0.2, 0.25) is 0 Å². The lowest BCUT2D eigenvalue weighted by Gasteiger charge is -2.55. The predicted octanol–water partition coefficient (Wildman–Crippen LogP) is -6.37. The summed E-state index contributed by atoms with van der Waals surface area (Å²) in [7, 11) is 0.479. The van der Waals surface area contributed by atoms with Crippen LogP contribution in [0.5, 0.6) is 0 Å². The van der Waals surface area contributed by atoms with E-state index >= 15 is 0 Å². The van der Waals surface area contributed by atoms with E-state index in [1.165, 1.54) is 0 Å². The monoisotopic (exact) mass is 272 g/mol. The van der Waals surface area contributed by atoms with Gasteiger partial charge in [-0.1, -0.05) is 0 Å². The minimum Gasteiger partial charge on any atom is -0.357 e. The van der Waals surface area contributed by atoms with E-state index in [2.05, 4.69) is 4.74 Å². The van der Waals surface area contributed by atoms with E-state index in [0.717, 1.165) is 0 Å². The van der Waals surface area contributed by atoms with E-state index in [1.54, 1.807) is 0 Å². The molecule has 1 unspecified atom stereocenters. The largest absolute Gasteiger partial charge is 0.357 e. The fraction of sp³-hybridized carbons (Fsp3) is 0.857. The average molecular weight is 272 g/mol. The lowest BCUT2D eigenvalue weighted by Crippen LogP contribution is -2.90. The Balaban J connectivity index is 3.66. The van der Waals surface area contributed by atoms with Crippen LogP contribution in [0.15, 0.2) is 0 Å². The first-order valence-corrected chi connectivity index (χ1v) is 4.33. The van der Waals surface area contributed by atoms with Crippen molar-refractivity contribution < 1.29 is 55.5 Å². The zero-order valence-corrected chi connectivity index (χ0v) is 8.84. The molecule has 0 bridgehead atoms. The molecule has 1 aliphatic carbocycles. The lowest BCUT2D eigenvalue weighted by atomic mass is 9.73. The standard InChI is InChI=1S/C7H12O11/c1-18-4(11)2(8)3(9,10)5(12,13)7(16,17)6(4,14)15/h9-17H,1H3. The van der Waals surface area contributed by atoms with Crippen molar-refractivity contribution in [2.45, 2.75) is 28.9 Å². The van der Waals surface area contributed by atoms with Gasteiger partial charge in [-0.25, -0.2) is 0 Å². The molecule has 0 heterocycles. The van der Waals surface area contributed by atoms with E-state index in [4.69, 9.17) is 20.4 Å². The first-order chi connectivity index (χ1) is 7.72. The molecule has 0 aliphatic heterocycles. The highest BCUT2D eigenvalue weighted by molar-refractivity contribution is 5.95. The zero-order chi connectivity index (χ0) is 14.8. The minimum absolute atomic E-state index is 0.479. The van der Waals surface area contributed by atoms with Crippen molar-refractivity contribution in [3.05, 3.63) is 0 Å². The predicted molar refractivity (Wildman–Crippen MR) is 45.6 cm³/mol. The number of rotatable bonds is 1. The molecule has 106 valence electrons. The summed E-state index contributed by atoms with van der Waals surface area (Å²) in [5.74, 6) is -24.2. The molecule has 9 N–H and O–H groups in total. The summed E-state index contributed by atoms with van der Waals surface area (Å²) in [6.45, 7) is 0. The van der Waals surface area contributed by atoms with Gasteiger partial charge in [0, 0.05) is 7.11 Å². The number of aliphatic hydroxyl groups is 9. The summed E-state index contributed by atoms with van der Waals surface area (Å²) in [5.41, 5.74) is 0. The third-order valence-electron chi connectivity index (χ3n) is 2.85. The molecule has 11 heteroatoms. The smallest absolute Gasteiger partial charge is 0.294 e. The van der Waals surface area contributed by atoms with Gasteiger partial charge in [0.1, 0.15) is 0 Å². The second-order valence-electron chi connectivity index (χ2n) is 3.87. The van der Waals surface area contributed by atoms with Gasteiger partial charge < -0.3 is 50.7 Å².